The van der Waals surface area contributed by atoms with Crippen LogP contribution in [0.4, 0.5) is 17.1 Å². The standard InChI is InChI=1S/C34H33N3O9/c1-34(2)33(39)36(3)31-26(19-45-30-17-21(37(40)41)9-16-28(30)43-5)24(14-15-27(31)35-34)25-13-12-23(18-29(25)44-6)46-32(38)20-7-10-22(42-4)11-8-20/h7-18,35H,19H2,1-6H3. The number of hydrogen-bond donors (Lipinski definition) is 1. The van der Waals surface area contributed by atoms with Gasteiger partial charge in [-0.05, 0) is 67.9 Å². The van der Waals surface area contributed by atoms with E-state index in [1.54, 1.807) is 75.4 Å². The number of ether oxygens (including phenoxy) is 5. The predicted octanol–water partition coefficient (Wildman–Crippen LogP) is 6.25. The topological polar surface area (TPSA) is 139 Å². The molecule has 0 bridgehead atoms. The summed E-state index contributed by atoms with van der Waals surface area (Å²) in [5.41, 5.74) is 2.48. The van der Waals surface area contributed by atoms with Gasteiger partial charge in [0.25, 0.3) is 11.6 Å². The number of rotatable bonds is 10. The number of nitrogens with zero attached hydrogens (tertiary/aromatic N) is 2. The molecule has 46 heavy (non-hydrogen) atoms. The highest BCUT2D eigenvalue weighted by molar-refractivity contribution is 6.08. The molecule has 4 aromatic carbocycles. The molecule has 1 N–H and O–H groups in total. The van der Waals surface area contributed by atoms with E-state index in [1.807, 2.05) is 12.1 Å². The molecule has 0 radical (unpaired) electrons. The molecule has 1 amide bonds. The number of anilines is 2. The first-order valence-corrected chi connectivity index (χ1v) is 14.2. The molecule has 5 rings (SSSR count). The normalized spacial score (nSPS) is 13.3. The van der Waals surface area contributed by atoms with Crippen molar-refractivity contribution >= 4 is 28.9 Å². The van der Waals surface area contributed by atoms with Gasteiger partial charge in [-0.25, -0.2) is 4.79 Å². The molecule has 0 fully saturated rings. The SMILES string of the molecule is COc1ccc(C(=O)Oc2ccc(-c3ccc4c(c3COc3cc([N+](=O)[O-])ccc3OC)N(C)C(=O)C(C)(C)N4)c(OC)c2)cc1. The van der Waals surface area contributed by atoms with Crippen molar-refractivity contribution in [2.24, 2.45) is 0 Å². The highest BCUT2D eigenvalue weighted by Crippen LogP contribution is 2.45. The molecule has 1 aliphatic rings. The van der Waals surface area contributed by atoms with Crippen molar-refractivity contribution in [3.8, 4) is 39.9 Å². The summed E-state index contributed by atoms with van der Waals surface area (Å²) in [6, 6.07) is 19.3. The maximum Gasteiger partial charge on any atom is 0.343 e. The zero-order chi connectivity index (χ0) is 33.2. The first kappa shape index (κ1) is 31.6. The molecule has 0 saturated carbocycles. The molecule has 0 aliphatic carbocycles. The van der Waals surface area contributed by atoms with Crippen LogP contribution >= 0.6 is 0 Å². The quantitative estimate of drug-likeness (QED) is 0.0929. The van der Waals surface area contributed by atoms with E-state index in [0.717, 1.165) is 0 Å². The van der Waals surface area contributed by atoms with Gasteiger partial charge in [-0.1, -0.05) is 6.07 Å². The van der Waals surface area contributed by atoms with Crippen molar-refractivity contribution in [3.05, 3.63) is 94.0 Å². The number of non-ortho nitro benzene ring substituents is 1. The van der Waals surface area contributed by atoms with Gasteiger partial charge in [0.2, 0.25) is 0 Å². The molecular weight excluding hydrogens is 594 g/mol. The van der Waals surface area contributed by atoms with Crippen LogP contribution in [0, 0.1) is 10.1 Å². The maximum absolute atomic E-state index is 13.4. The van der Waals surface area contributed by atoms with Gasteiger partial charge in [0.15, 0.2) is 11.5 Å². The molecule has 4 aromatic rings. The summed E-state index contributed by atoms with van der Waals surface area (Å²) in [6.07, 6.45) is 0. The molecule has 12 nitrogen and oxygen atoms in total. The van der Waals surface area contributed by atoms with Gasteiger partial charge in [0.05, 0.1) is 49.3 Å². The maximum atomic E-state index is 13.4. The fourth-order valence-electron chi connectivity index (χ4n) is 5.32. The van der Waals surface area contributed by atoms with Crippen molar-refractivity contribution in [1.29, 1.82) is 0 Å². The summed E-state index contributed by atoms with van der Waals surface area (Å²) < 4.78 is 28.1. The van der Waals surface area contributed by atoms with Gasteiger partial charge in [-0.2, -0.15) is 0 Å². The third kappa shape index (κ3) is 6.09. The number of nitro benzene ring substituents is 1. The van der Waals surface area contributed by atoms with Crippen molar-refractivity contribution in [2.45, 2.75) is 26.0 Å². The average molecular weight is 628 g/mol. The minimum absolute atomic E-state index is 0.0902. The molecule has 0 unspecified atom stereocenters. The number of amides is 1. The van der Waals surface area contributed by atoms with E-state index in [9.17, 15) is 19.7 Å². The van der Waals surface area contributed by atoms with E-state index in [0.29, 0.717) is 50.9 Å². The number of benzene rings is 4. The van der Waals surface area contributed by atoms with Crippen LogP contribution in [0.3, 0.4) is 0 Å². The Morgan fingerprint density at radius 1 is 0.848 bits per heavy atom. The Balaban J connectivity index is 1.56. The number of nitro groups is 1. The van der Waals surface area contributed by atoms with Crippen molar-refractivity contribution in [1.82, 2.24) is 0 Å². The first-order chi connectivity index (χ1) is 22.0. The predicted molar refractivity (Wildman–Crippen MR) is 171 cm³/mol. The number of hydrogen-bond acceptors (Lipinski definition) is 10. The van der Waals surface area contributed by atoms with Crippen LogP contribution in [0.2, 0.25) is 0 Å². The van der Waals surface area contributed by atoms with Gasteiger partial charge < -0.3 is 33.9 Å². The minimum atomic E-state index is -0.863. The fraction of sp³-hybridized carbons (Fsp3) is 0.235. The van der Waals surface area contributed by atoms with E-state index in [4.69, 9.17) is 23.7 Å². The molecule has 0 atom stereocenters. The Bertz CT molecular complexity index is 1820. The Labute approximate surface area is 265 Å². The number of nitrogens with one attached hydrogen (secondary N) is 1. The van der Waals surface area contributed by atoms with E-state index in [2.05, 4.69) is 5.32 Å². The number of carbonyl (C=O) groups excluding carboxylic acids is 2. The number of likely N-dealkylation sites (N-methyl/N-ethyl adjacent to an activating group) is 1. The summed E-state index contributed by atoms with van der Waals surface area (Å²) in [7, 11) is 6.16. The monoisotopic (exact) mass is 627 g/mol. The molecule has 1 heterocycles. The van der Waals surface area contributed by atoms with Crippen molar-refractivity contribution in [3.63, 3.8) is 0 Å². The number of methoxy groups -OCH3 is 3. The Kier molecular flexibility index (Phi) is 8.72. The lowest BCUT2D eigenvalue weighted by Crippen LogP contribution is -2.52. The number of fused-ring (bicyclic) bond motifs is 1. The molecular formula is C34H33N3O9. The Morgan fingerprint density at radius 3 is 2.17 bits per heavy atom. The van der Waals surface area contributed by atoms with Crippen LogP contribution in [-0.4, -0.2) is 50.7 Å². The van der Waals surface area contributed by atoms with Gasteiger partial charge in [-0.3, -0.25) is 14.9 Å². The highest BCUT2D eigenvalue weighted by atomic mass is 16.6. The van der Waals surface area contributed by atoms with Crippen molar-refractivity contribution in [2.75, 3.05) is 38.6 Å². The van der Waals surface area contributed by atoms with Gasteiger partial charge >= 0.3 is 5.97 Å². The summed E-state index contributed by atoms with van der Waals surface area (Å²) in [4.78, 5) is 38.7. The minimum Gasteiger partial charge on any atom is -0.497 e. The zero-order valence-corrected chi connectivity index (χ0v) is 26.2. The summed E-state index contributed by atoms with van der Waals surface area (Å²) in [5, 5.41) is 14.8. The fourth-order valence-corrected chi connectivity index (χ4v) is 5.32. The highest BCUT2D eigenvalue weighted by Gasteiger charge is 2.39. The van der Waals surface area contributed by atoms with Crippen LogP contribution in [-0.2, 0) is 11.4 Å². The number of esters is 1. The first-order valence-electron chi connectivity index (χ1n) is 14.2. The molecule has 238 valence electrons. The lowest BCUT2D eigenvalue weighted by atomic mass is 9.91. The van der Waals surface area contributed by atoms with Crippen LogP contribution < -0.4 is 33.9 Å². The third-order valence-electron chi connectivity index (χ3n) is 7.63. The zero-order valence-electron chi connectivity index (χ0n) is 26.2. The number of carbonyl (C=O) groups is 2. The van der Waals surface area contributed by atoms with Gasteiger partial charge in [0, 0.05) is 30.3 Å². The molecule has 0 aromatic heterocycles. The van der Waals surface area contributed by atoms with Crippen molar-refractivity contribution < 1.29 is 38.2 Å². The summed E-state index contributed by atoms with van der Waals surface area (Å²) in [5.74, 6) is 1.01. The Hall–Kier alpha value is -5.78. The smallest absolute Gasteiger partial charge is 0.343 e. The summed E-state index contributed by atoms with van der Waals surface area (Å²) >= 11 is 0. The lowest BCUT2D eigenvalue weighted by Gasteiger charge is -2.39. The van der Waals surface area contributed by atoms with Crippen LogP contribution in [0.5, 0.6) is 28.7 Å². The summed E-state index contributed by atoms with van der Waals surface area (Å²) in [6.45, 7) is 3.50. The van der Waals surface area contributed by atoms with Crippen LogP contribution in [0.25, 0.3) is 11.1 Å². The molecule has 0 spiro atoms. The lowest BCUT2D eigenvalue weighted by molar-refractivity contribution is -0.385. The van der Waals surface area contributed by atoms with Gasteiger partial charge in [0.1, 0.15) is 29.4 Å². The Morgan fingerprint density at radius 2 is 1.52 bits per heavy atom. The van der Waals surface area contributed by atoms with E-state index in [1.165, 1.54) is 32.4 Å². The van der Waals surface area contributed by atoms with Crippen LogP contribution in [0.1, 0.15) is 29.8 Å². The van der Waals surface area contributed by atoms with E-state index < -0.39 is 16.4 Å². The van der Waals surface area contributed by atoms with Gasteiger partial charge in [-0.15, -0.1) is 0 Å². The second-order valence-electron chi connectivity index (χ2n) is 11.0. The van der Waals surface area contributed by atoms with Crippen LogP contribution in [0.15, 0.2) is 72.8 Å². The largest absolute Gasteiger partial charge is 0.497 e. The second kappa shape index (κ2) is 12.7. The van der Waals surface area contributed by atoms with E-state index in [-0.39, 0.29) is 29.7 Å². The molecule has 0 saturated heterocycles. The molecule has 12 heteroatoms. The van der Waals surface area contributed by atoms with E-state index >= 15 is 0 Å². The average Bonchev–Trinajstić information content (AvgIpc) is 3.05. The second-order valence-corrected chi connectivity index (χ2v) is 11.0. The third-order valence-corrected chi connectivity index (χ3v) is 7.63. The molecule has 1 aliphatic heterocycles.